The van der Waals surface area contributed by atoms with E-state index in [4.69, 9.17) is 5.73 Å². The van der Waals surface area contributed by atoms with Crippen molar-refractivity contribution in [2.24, 2.45) is 5.73 Å². The van der Waals surface area contributed by atoms with Gasteiger partial charge in [-0.2, -0.15) is 0 Å². The molecule has 54 valence electrons. The summed E-state index contributed by atoms with van der Waals surface area (Å²) in [5.41, 5.74) is 4.84. The van der Waals surface area contributed by atoms with Crippen molar-refractivity contribution in [1.82, 2.24) is 9.97 Å². The Morgan fingerprint density at radius 2 is 1.80 bits per heavy atom. The van der Waals surface area contributed by atoms with Crippen molar-refractivity contribution in [2.45, 2.75) is 6.92 Å². The molecule has 0 spiro atoms. The van der Waals surface area contributed by atoms with Crippen LogP contribution in [0.4, 0.5) is 0 Å². The average molecular weight is 155 g/mol. The second kappa shape index (κ2) is 6.10. The Balaban J connectivity index is 0.000000180. The number of nitrogens with two attached hydrogens (primary N) is 1. The molecule has 0 saturated heterocycles. The van der Waals surface area contributed by atoms with Gasteiger partial charge in [0, 0.05) is 12.4 Å². The van der Waals surface area contributed by atoms with Gasteiger partial charge in [0.1, 0.15) is 6.33 Å². The van der Waals surface area contributed by atoms with Crippen molar-refractivity contribution in [3.63, 3.8) is 0 Å². The Bertz CT molecular complexity index is 145. The monoisotopic (exact) mass is 155 g/mol. The second-order valence-electron chi connectivity index (χ2n) is 1.51. The van der Waals surface area contributed by atoms with Crippen molar-refractivity contribution >= 4 is 17.2 Å². The van der Waals surface area contributed by atoms with E-state index in [-0.39, 0.29) is 0 Å². The lowest BCUT2D eigenvalue weighted by Crippen LogP contribution is -1.98. The van der Waals surface area contributed by atoms with Gasteiger partial charge in [-0.05, 0) is 13.0 Å². The van der Waals surface area contributed by atoms with E-state index in [0.29, 0.717) is 4.99 Å². The van der Waals surface area contributed by atoms with Crippen molar-refractivity contribution in [3.05, 3.63) is 24.8 Å². The maximum atomic E-state index is 4.84. The fourth-order valence-corrected chi connectivity index (χ4v) is 0.253. The van der Waals surface area contributed by atoms with Crippen LogP contribution in [0.1, 0.15) is 6.92 Å². The molecular formula is C6H9N3S. The van der Waals surface area contributed by atoms with Crippen LogP contribution in [0.15, 0.2) is 24.8 Å². The molecule has 0 amide bonds. The number of thiocarbonyl (C=S) groups is 1. The van der Waals surface area contributed by atoms with E-state index < -0.39 is 0 Å². The molecule has 2 N–H and O–H groups in total. The van der Waals surface area contributed by atoms with Gasteiger partial charge in [-0.25, -0.2) is 9.97 Å². The third-order valence-corrected chi connectivity index (χ3v) is 0.478. The molecule has 1 aromatic heterocycles. The molecule has 1 rings (SSSR count). The van der Waals surface area contributed by atoms with E-state index in [1.807, 2.05) is 0 Å². The molecule has 4 heteroatoms. The minimum atomic E-state index is 0.500. The van der Waals surface area contributed by atoms with Crippen molar-refractivity contribution < 1.29 is 0 Å². The third kappa shape index (κ3) is 10.1. The molecule has 0 aromatic carbocycles. The summed E-state index contributed by atoms with van der Waals surface area (Å²) in [5.74, 6) is 0. The molecule has 0 aliphatic rings. The van der Waals surface area contributed by atoms with Gasteiger partial charge in [0.15, 0.2) is 0 Å². The standard InChI is InChI=1S/C4H4N2.C2H5NS/c1-2-5-4-6-3-1;1-2(3)4/h1-4H;1H3,(H2,3,4). The zero-order valence-electron chi connectivity index (χ0n) is 5.69. The molecule has 3 nitrogen and oxygen atoms in total. The van der Waals surface area contributed by atoms with E-state index in [1.165, 1.54) is 6.33 Å². The molecule has 0 atom stereocenters. The predicted octanol–water partition coefficient (Wildman–Crippen LogP) is 0.769. The molecule has 1 heterocycles. The van der Waals surface area contributed by atoms with Crippen LogP contribution in [0.5, 0.6) is 0 Å². The highest BCUT2D eigenvalue weighted by Gasteiger charge is 1.59. The summed E-state index contributed by atoms with van der Waals surface area (Å²) < 4.78 is 0. The van der Waals surface area contributed by atoms with Crippen LogP contribution in [0.2, 0.25) is 0 Å². The first-order valence-corrected chi connectivity index (χ1v) is 3.10. The number of rotatable bonds is 0. The van der Waals surface area contributed by atoms with Crippen LogP contribution in [-0.4, -0.2) is 15.0 Å². The van der Waals surface area contributed by atoms with Crippen LogP contribution in [-0.2, 0) is 0 Å². The van der Waals surface area contributed by atoms with Crippen LogP contribution in [0.3, 0.4) is 0 Å². The van der Waals surface area contributed by atoms with Gasteiger partial charge >= 0.3 is 0 Å². The maximum Gasteiger partial charge on any atom is 0.115 e. The van der Waals surface area contributed by atoms with Gasteiger partial charge in [-0.1, -0.05) is 12.2 Å². The number of hydrogen-bond donors (Lipinski definition) is 1. The first kappa shape index (κ1) is 8.97. The Labute approximate surface area is 65.3 Å². The van der Waals surface area contributed by atoms with Crippen LogP contribution in [0.25, 0.3) is 0 Å². The van der Waals surface area contributed by atoms with E-state index in [2.05, 4.69) is 22.2 Å². The van der Waals surface area contributed by atoms with Crippen molar-refractivity contribution in [2.75, 3.05) is 0 Å². The fraction of sp³-hybridized carbons (Fsp3) is 0.167. The Kier molecular flexibility index (Phi) is 5.47. The van der Waals surface area contributed by atoms with Gasteiger partial charge in [-0.15, -0.1) is 0 Å². The molecule has 1 aromatic rings. The number of aromatic nitrogens is 2. The summed E-state index contributed by atoms with van der Waals surface area (Å²) in [6.07, 6.45) is 4.88. The number of hydrogen-bond acceptors (Lipinski definition) is 3. The van der Waals surface area contributed by atoms with Gasteiger partial charge in [-0.3, -0.25) is 0 Å². The summed E-state index contributed by atoms with van der Waals surface area (Å²) >= 11 is 4.31. The van der Waals surface area contributed by atoms with Gasteiger partial charge < -0.3 is 5.73 Å². The normalized spacial score (nSPS) is 7.30. The van der Waals surface area contributed by atoms with E-state index in [1.54, 1.807) is 25.4 Å². The predicted molar refractivity (Wildman–Crippen MR) is 44.5 cm³/mol. The Hall–Kier alpha value is -1.03. The largest absolute Gasteiger partial charge is 0.394 e. The summed E-state index contributed by atoms with van der Waals surface area (Å²) in [7, 11) is 0. The van der Waals surface area contributed by atoms with Crippen LogP contribution < -0.4 is 5.73 Å². The van der Waals surface area contributed by atoms with Crippen molar-refractivity contribution in [1.29, 1.82) is 0 Å². The zero-order chi connectivity index (χ0) is 7.82. The molecular weight excluding hydrogens is 146 g/mol. The lowest BCUT2D eigenvalue weighted by atomic mass is 10.7. The smallest absolute Gasteiger partial charge is 0.115 e. The van der Waals surface area contributed by atoms with Gasteiger partial charge in [0.05, 0.1) is 4.99 Å². The van der Waals surface area contributed by atoms with Gasteiger partial charge in [0.25, 0.3) is 0 Å². The first-order valence-electron chi connectivity index (χ1n) is 2.69. The van der Waals surface area contributed by atoms with Crippen molar-refractivity contribution in [3.8, 4) is 0 Å². The topological polar surface area (TPSA) is 51.8 Å². The highest BCUT2D eigenvalue weighted by Crippen LogP contribution is 1.66. The van der Waals surface area contributed by atoms with Crippen LogP contribution in [0, 0.1) is 0 Å². The minimum absolute atomic E-state index is 0.500. The van der Waals surface area contributed by atoms with Gasteiger partial charge in [0.2, 0.25) is 0 Å². The molecule has 0 bridgehead atoms. The molecule has 10 heavy (non-hydrogen) atoms. The molecule has 0 aliphatic heterocycles. The summed E-state index contributed by atoms with van der Waals surface area (Å²) in [6, 6.07) is 1.78. The molecule has 0 aliphatic carbocycles. The van der Waals surface area contributed by atoms with E-state index >= 15 is 0 Å². The third-order valence-electron chi connectivity index (χ3n) is 0.478. The Morgan fingerprint density at radius 3 is 1.90 bits per heavy atom. The summed E-state index contributed by atoms with van der Waals surface area (Å²) in [5, 5.41) is 0. The van der Waals surface area contributed by atoms with E-state index in [9.17, 15) is 0 Å². The zero-order valence-corrected chi connectivity index (χ0v) is 6.51. The molecule has 0 fully saturated rings. The lowest BCUT2D eigenvalue weighted by Gasteiger charge is -1.70. The van der Waals surface area contributed by atoms with E-state index in [0.717, 1.165) is 0 Å². The lowest BCUT2D eigenvalue weighted by molar-refractivity contribution is 1.17. The second-order valence-corrected chi connectivity index (χ2v) is 2.16. The maximum absolute atomic E-state index is 4.84. The Morgan fingerprint density at radius 1 is 1.40 bits per heavy atom. The minimum Gasteiger partial charge on any atom is -0.394 e. The molecule has 0 unspecified atom stereocenters. The SMILES string of the molecule is CC(N)=S.c1cncnc1. The quantitative estimate of drug-likeness (QED) is 0.562. The first-order chi connectivity index (χ1) is 4.73. The number of nitrogens with zero attached hydrogens (tertiary/aromatic N) is 2. The molecule has 0 radical (unpaired) electrons. The molecule has 0 saturated carbocycles. The van der Waals surface area contributed by atoms with Crippen LogP contribution >= 0.6 is 12.2 Å². The summed E-state index contributed by atoms with van der Waals surface area (Å²) in [4.78, 5) is 7.85. The highest BCUT2D eigenvalue weighted by molar-refractivity contribution is 7.80. The highest BCUT2D eigenvalue weighted by atomic mass is 32.1. The average Bonchev–Trinajstić information content (AvgIpc) is 1.90. The summed E-state index contributed by atoms with van der Waals surface area (Å²) in [6.45, 7) is 1.68. The fourth-order valence-electron chi connectivity index (χ4n) is 0.253.